The molecule has 3 aromatic rings. The molecule has 1 aliphatic rings. The fraction of sp³-hybridized carbons (Fsp3) is 0.368. The van der Waals surface area contributed by atoms with Crippen LogP contribution in [0.1, 0.15) is 29.8 Å². The Balaban J connectivity index is 1.44. The van der Waals surface area contributed by atoms with Gasteiger partial charge in [-0.1, -0.05) is 30.2 Å². The topological polar surface area (TPSA) is 49.6 Å². The maximum Gasteiger partial charge on any atom is 0.269 e. The fourth-order valence-corrected chi connectivity index (χ4v) is 4.29. The monoisotopic (exact) mass is 388 g/mol. The maximum absolute atomic E-state index is 12.6. The van der Waals surface area contributed by atoms with Gasteiger partial charge in [0.2, 0.25) is 0 Å². The van der Waals surface area contributed by atoms with Gasteiger partial charge in [0, 0.05) is 35.3 Å². The Kier molecular flexibility index (Phi) is 5.24. The second-order valence-corrected chi connectivity index (χ2v) is 7.84. The summed E-state index contributed by atoms with van der Waals surface area (Å²) in [5.74, 6) is -0.0479. The number of aromatic nitrogens is 2. The van der Waals surface area contributed by atoms with Crippen LogP contribution in [0.4, 0.5) is 0 Å². The molecular weight excluding hydrogens is 368 g/mol. The van der Waals surface area contributed by atoms with Gasteiger partial charge in [0.15, 0.2) is 4.96 Å². The number of carbonyl (C=O) groups excluding carboxylic acids is 1. The van der Waals surface area contributed by atoms with E-state index in [4.69, 9.17) is 11.6 Å². The van der Waals surface area contributed by atoms with E-state index in [0.717, 1.165) is 35.9 Å². The molecule has 0 unspecified atom stereocenters. The lowest BCUT2D eigenvalue weighted by Crippen LogP contribution is -2.37. The van der Waals surface area contributed by atoms with Crippen LogP contribution in [-0.4, -0.2) is 46.4 Å². The molecule has 0 spiro atoms. The third-order valence-electron chi connectivity index (χ3n) is 4.74. The van der Waals surface area contributed by atoms with Crippen molar-refractivity contribution in [1.82, 2.24) is 19.6 Å². The number of nitrogens with zero attached hydrogens (tertiary/aromatic N) is 3. The van der Waals surface area contributed by atoms with Crippen LogP contribution >= 0.6 is 22.9 Å². The molecule has 0 radical (unpaired) electrons. The van der Waals surface area contributed by atoms with Gasteiger partial charge in [-0.05, 0) is 38.1 Å². The van der Waals surface area contributed by atoms with E-state index < -0.39 is 0 Å². The number of likely N-dealkylation sites (tertiary alicyclic amines) is 1. The Labute approximate surface area is 161 Å². The van der Waals surface area contributed by atoms with Crippen LogP contribution in [0.25, 0.3) is 16.2 Å². The molecule has 1 amide bonds. The predicted molar refractivity (Wildman–Crippen MR) is 106 cm³/mol. The lowest BCUT2D eigenvalue weighted by Gasteiger charge is -2.26. The number of amides is 1. The van der Waals surface area contributed by atoms with Crippen LogP contribution in [0.5, 0.6) is 0 Å². The number of imidazole rings is 1. The first kappa shape index (κ1) is 17.5. The zero-order chi connectivity index (χ0) is 17.9. The third-order valence-corrected chi connectivity index (χ3v) is 5.84. The van der Waals surface area contributed by atoms with E-state index in [9.17, 15) is 4.79 Å². The Morgan fingerprint density at radius 1 is 1.19 bits per heavy atom. The van der Waals surface area contributed by atoms with Crippen LogP contribution in [0.3, 0.4) is 0 Å². The van der Waals surface area contributed by atoms with Crippen molar-refractivity contribution in [3.63, 3.8) is 0 Å². The van der Waals surface area contributed by atoms with Crippen LogP contribution in [-0.2, 0) is 0 Å². The summed E-state index contributed by atoms with van der Waals surface area (Å²) < 4.78 is 1.87. The first-order chi connectivity index (χ1) is 12.7. The molecule has 4 rings (SSSR count). The number of hydrogen-bond acceptors (Lipinski definition) is 4. The molecule has 136 valence electrons. The average molecular weight is 389 g/mol. The van der Waals surface area contributed by atoms with Gasteiger partial charge in [0.05, 0.1) is 5.69 Å². The van der Waals surface area contributed by atoms with Crippen molar-refractivity contribution in [2.75, 3.05) is 26.2 Å². The molecule has 1 fully saturated rings. The van der Waals surface area contributed by atoms with Crippen molar-refractivity contribution < 1.29 is 4.79 Å². The minimum Gasteiger partial charge on any atom is -0.349 e. The molecule has 3 heterocycles. The molecule has 0 bridgehead atoms. The zero-order valence-corrected chi connectivity index (χ0v) is 16.0. The van der Waals surface area contributed by atoms with E-state index in [1.807, 2.05) is 40.2 Å². The lowest BCUT2D eigenvalue weighted by molar-refractivity contribution is 0.0941. The SMILES string of the molecule is O=C(NCCN1CCCCC1)c1csc2nc(-c3ccc(Cl)cc3)cn12. The van der Waals surface area contributed by atoms with Crippen molar-refractivity contribution in [3.05, 3.63) is 46.6 Å². The highest BCUT2D eigenvalue weighted by atomic mass is 35.5. The summed E-state index contributed by atoms with van der Waals surface area (Å²) in [5, 5.41) is 5.60. The highest BCUT2D eigenvalue weighted by Gasteiger charge is 2.16. The number of benzene rings is 1. The van der Waals surface area contributed by atoms with E-state index in [1.165, 1.54) is 30.6 Å². The van der Waals surface area contributed by atoms with Crippen LogP contribution in [0.2, 0.25) is 5.02 Å². The molecule has 5 nitrogen and oxygen atoms in total. The van der Waals surface area contributed by atoms with E-state index in [1.54, 1.807) is 0 Å². The van der Waals surface area contributed by atoms with E-state index in [0.29, 0.717) is 17.3 Å². The zero-order valence-electron chi connectivity index (χ0n) is 14.4. The molecule has 0 atom stereocenters. The quantitative estimate of drug-likeness (QED) is 0.720. The van der Waals surface area contributed by atoms with E-state index >= 15 is 0 Å². The molecule has 7 heteroatoms. The van der Waals surface area contributed by atoms with Crippen molar-refractivity contribution in [2.24, 2.45) is 0 Å². The molecule has 0 saturated carbocycles. The summed E-state index contributed by atoms with van der Waals surface area (Å²) >= 11 is 7.43. The predicted octanol–water partition coefficient (Wildman–Crippen LogP) is 3.93. The Bertz CT molecular complexity index is 896. The number of thiazole rings is 1. The Morgan fingerprint density at radius 2 is 1.96 bits per heavy atom. The fourth-order valence-electron chi connectivity index (χ4n) is 3.31. The number of rotatable bonds is 5. The number of nitrogens with one attached hydrogen (secondary N) is 1. The molecule has 1 aliphatic heterocycles. The second kappa shape index (κ2) is 7.78. The normalized spacial score (nSPS) is 15.4. The summed E-state index contributed by atoms with van der Waals surface area (Å²) in [5.41, 5.74) is 2.47. The highest BCUT2D eigenvalue weighted by Crippen LogP contribution is 2.24. The van der Waals surface area contributed by atoms with Gasteiger partial charge in [-0.25, -0.2) is 4.98 Å². The first-order valence-electron chi connectivity index (χ1n) is 8.94. The number of carbonyl (C=O) groups is 1. The van der Waals surface area contributed by atoms with Crippen molar-refractivity contribution >= 4 is 33.8 Å². The van der Waals surface area contributed by atoms with Crippen LogP contribution in [0, 0.1) is 0 Å². The van der Waals surface area contributed by atoms with Gasteiger partial charge < -0.3 is 10.2 Å². The standard InChI is InChI=1S/C19H21ClN4OS/c20-15-6-4-14(5-7-15)16-12-24-17(13-26-19(24)22-16)18(25)21-8-11-23-9-2-1-3-10-23/h4-7,12-13H,1-3,8-11H2,(H,21,25). The number of halogens is 1. The third kappa shape index (κ3) is 3.77. The van der Waals surface area contributed by atoms with Crippen LogP contribution in [0.15, 0.2) is 35.8 Å². The van der Waals surface area contributed by atoms with Crippen molar-refractivity contribution in [3.8, 4) is 11.3 Å². The Hall–Kier alpha value is -1.89. The van der Waals surface area contributed by atoms with E-state index in [2.05, 4.69) is 15.2 Å². The minimum absolute atomic E-state index is 0.0479. The molecule has 0 aliphatic carbocycles. The van der Waals surface area contributed by atoms with Crippen molar-refractivity contribution in [1.29, 1.82) is 0 Å². The molecule has 1 aromatic carbocycles. The summed E-state index contributed by atoms with van der Waals surface area (Å²) in [6.45, 7) is 3.88. The van der Waals surface area contributed by atoms with Gasteiger partial charge in [0.25, 0.3) is 5.91 Å². The molecule has 2 aromatic heterocycles. The summed E-state index contributed by atoms with van der Waals surface area (Å²) in [4.78, 5) is 20.4. The first-order valence-corrected chi connectivity index (χ1v) is 10.2. The molecular formula is C19H21ClN4OS. The van der Waals surface area contributed by atoms with Gasteiger partial charge in [0.1, 0.15) is 5.69 Å². The molecule has 1 saturated heterocycles. The highest BCUT2D eigenvalue weighted by molar-refractivity contribution is 7.15. The largest absolute Gasteiger partial charge is 0.349 e. The molecule has 26 heavy (non-hydrogen) atoms. The van der Waals surface area contributed by atoms with Gasteiger partial charge in [-0.2, -0.15) is 0 Å². The summed E-state index contributed by atoms with van der Waals surface area (Å²) in [7, 11) is 0. The van der Waals surface area contributed by atoms with Crippen molar-refractivity contribution in [2.45, 2.75) is 19.3 Å². The number of hydrogen-bond donors (Lipinski definition) is 1. The minimum atomic E-state index is -0.0479. The number of fused-ring (bicyclic) bond motifs is 1. The summed E-state index contributed by atoms with van der Waals surface area (Å²) in [6, 6.07) is 7.57. The lowest BCUT2D eigenvalue weighted by atomic mass is 10.1. The smallest absolute Gasteiger partial charge is 0.269 e. The summed E-state index contributed by atoms with van der Waals surface area (Å²) in [6.07, 6.45) is 5.77. The average Bonchev–Trinajstić information content (AvgIpc) is 3.24. The second-order valence-electron chi connectivity index (χ2n) is 6.56. The molecule has 1 N–H and O–H groups in total. The maximum atomic E-state index is 12.6. The van der Waals surface area contributed by atoms with Gasteiger partial charge >= 0.3 is 0 Å². The van der Waals surface area contributed by atoms with Gasteiger partial charge in [-0.3, -0.25) is 9.20 Å². The number of piperidine rings is 1. The van der Waals surface area contributed by atoms with Crippen LogP contribution < -0.4 is 5.32 Å². The van der Waals surface area contributed by atoms with Gasteiger partial charge in [-0.15, -0.1) is 11.3 Å². The van der Waals surface area contributed by atoms with E-state index in [-0.39, 0.29) is 5.91 Å². The Morgan fingerprint density at radius 3 is 2.73 bits per heavy atom.